The Morgan fingerprint density at radius 2 is 1.72 bits per heavy atom. The van der Waals surface area contributed by atoms with Crippen LogP contribution in [0.15, 0.2) is 48.9 Å². The van der Waals surface area contributed by atoms with Gasteiger partial charge in [-0.1, -0.05) is 12.1 Å². The molecular weight excluding hydrogens is 782 g/mol. The third-order valence-corrected chi connectivity index (χ3v) is 11.8. The first-order chi connectivity index (χ1) is 27.4. The molecule has 14 nitrogen and oxygen atoms in total. The molecule has 1 unspecified atom stereocenters. The molecular formula is C39H48ClF4N11O3. The second kappa shape index (κ2) is 17.2. The van der Waals surface area contributed by atoms with Crippen LogP contribution in [0, 0.1) is 5.92 Å². The number of halogens is 5. The molecule has 3 saturated heterocycles. The van der Waals surface area contributed by atoms with Gasteiger partial charge < -0.3 is 26.2 Å². The Balaban J connectivity index is 0.00000512. The maximum absolute atomic E-state index is 14.2. The topological polar surface area (TPSA) is 168 Å². The molecule has 1 aliphatic carbocycles. The Hall–Kier alpha value is -4.81. The second-order valence-electron chi connectivity index (χ2n) is 16.0. The molecule has 1 saturated carbocycles. The van der Waals surface area contributed by atoms with E-state index in [0.717, 1.165) is 56.6 Å². The van der Waals surface area contributed by atoms with Gasteiger partial charge in [0.1, 0.15) is 17.6 Å². The van der Waals surface area contributed by atoms with Crippen LogP contribution in [0.2, 0.25) is 0 Å². The number of nitrogens with two attached hydrogens (primary N) is 1. The van der Waals surface area contributed by atoms with Gasteiger partial charge in [0.25, 0.3) is 5.91 Å². The van der Waals surface area contributed by atoms with Crippen LogP contribution < -0.4 is 26.6 Å². The monoisotopic (exact) mass is 829 g/mol. The minimum Gasteiger partial charge on any atom is -0.382 e. The zero-order valence-corrected chi connectivity index (χ0v) is 32.7. The van der Waals surface area contributed by atoms with Gasteiger partial charge in [-0.25, -0.2) is 13.9 Å². The van der Waals surface area contributed by atoms with E-state index < -0.39 is 29.6 Å². The Labute approximate surface area is 338 Å². The third-order valence-electron chi connectivity index (χ3n) is 11.8. The number of aromatic nitrogens is 5. The number of amides is 3. The first-order valence-corrected chi connectivity index (χ1v) is 19.8. The number of carbonyl (C=O) groups excluding carboxylic acids is 3. The molecule has 6 heterocycles. The van der Waals surface area contributed by atoms with Gasteiger partial charge in [0, 0.05) is 62.8 Å². The number of nitrogens with zero attached hydrogens (tertiary/aromatic N) is 7. The molecule has 3 atom stereocenters. The van der Waals surface area contributed by atoms with Gasteiger partial charge in [0.05, 0.1) is 30.4 Å². The van der Waals surface area contributed by atoms with E-state index in [1.165, 1.54) is 21.6 Å². The van der Waals surface area contributed by atoms with Crippen molar-refractivity contribution in [3.63, 3.8) is 0 Å². The molecule has 3 aliphatic heterocycles. The number of nitrogens with one attached hydrogen (secondary N) is 3. The fourth-order valence-electron chi connectivity index (χ4n) is 8.80. The van der Waals surface area contributed by atoms with E-state index in [-0.39, 0.29) is 66.4 Å². The molecule has 0 radical (unpaired) electrons. The first kappa shape index (κ1) is 41.4. The summed E-state index contributed by atoms with van der Waals surface area (Å²) >= 11 is 0. The Bertz CT molecular complexity index is 2090. The lowest BCUT2D eigenvalue weighted by atomic mass is 9.85. The molecule has 0 bridgehead atoms. The van der Waals surface area contributed by atoms with E-state index in [0.29, 0.717) is 50.0 Å². The number of alkyl halides is 4. The Morgan fingerprint density at radius 1 is 0.983 bits per heavy atom. The summed E-state index contributed by atoms with van der Waals surface area (Å²) in [7, 11) is 0. The van der Waals surface area contributed by atoms with E-state index in [2.05, 4.69) is 36.0 Å². The molecule has 3 amide bonds. The normalized spacial score (nSPS) is 25.0. The molecule has 0 spiro atoms. The molecule has 8 rings (SSSR count). The molecule has 3 aromatic heterocycles. The van der Waals surface area contributed by atoms with Gasteiger partial charge >= 0.3 is 6.18 Å². The molecule has 1 aromatic carbocycles. The van der Waals surface area contributed by atoms with Crippen LogP contribution in [-0.4, -0.2) is 98.0 Å². The fraction of sp³-hybridized carbons (Fsp3) is 0.538. The SMILES string of the molecule is Cl.N[C@@H]1C[C@@H](F)CN(c2ccn3ncc(C(=O)Nc4cn(C5CCC(CN6CCC(Nc7ccc(C8CCC(=O)NC8=O)cc7)CC6)CC5)nc4C(F)(F)F)c3n2)C1. The van der Waals surface area contributed by atoms with Crippen molar-refractivity contribution in [2.24, 2.45) is 11.7 Å². The lowest BCUT2D eigenvalue weighted by molar-refractivity contribution is -0.141. The fourth-order valence-corrected chi connectivity index (χ4v) is 8.80. The van der Waals surface area contributed by atoms with Crippen LogP contribution >= 0.6 is 12.4 Å². The van der Waals surface area contributed by atoms with Gasteiger partial charge in [-0.3, -0.25) is 24.4 Å². The number of piperidine rings is 3. The van der Waals surface area contributed by atoms with Crippen molar-refractivity contribution in [1.82, 2.24) is 34.6 Å². The van der Waals surface area contributed by atoms with Crippen molar-refractivity contribution in [1.29, 1.82) is 0 Å². The first-order valence-electron chi connectivity index (χ1n) is 19.8. The van der Waals surface area contributed by atoms with Crippen LogP contribution in [0.5, 0.6) is 0 Å². The maximum Gasteiger partial charge on any atom is 0.437 e. The van der Waals surface area contributed by atoms with Crippen LogP contribution in [0.4, 0.5) is 34.8 Å². The van der Waals surface area contributed by atoms with Gasteiger partial charge in [-0.15, -0.1) is 12.4 Å². The summed E-state index contributed by atoms with van der Waals surface area (Å²) in [5, 5.41) is 16.5. The molecule has 58 heavy (non-hydrogen) atoms. The van der Waals surface area contributed by atoms with E-state index in [4.69, 9.17) is 5.73 Å². The van der Waals surface area contributed by atoms with Gasteiger partial charge in [0.15, 0.2) is 11.3 Å². The summed E-state index contributed by atoms with van der Waals surface area (Å²) in [6.45, 7) is 3.28. The van der Waals surface area contributed by atoms with Crippen LogP contribution in [0.1, 0.15) is 91.4 Å². The van der Waals surface area contributed by atoms with Crippen molar-refractivity contribution in [2.45, 2.75) is 94.2 Å². The summed E-state index contributed by atoms with van der Waals surface area (Å²) in [4.78, 5) is 45.8. The number of rotatable bonds is 9. The summed E-state index contributed by atoms with van der Waals surface area (Å²) in [6.07, 6.45) is 4.26. The Morgan fingerprint density at radius 3 is 2.41 bits per heavy atom. The summed E-state index contributed by atoms with van der Waals surface area (Å²) < 4.78 is 59.7. The van der Waals surface area contributed by atoms with Crippen molar-refractivity contribution in [2.75, 3.05) is 48.3 Å². The standard InChI is InChI=1S/C39H47F4N11O3.ClH/c40-25-17-26(44)21-52(20-25)33-13-16-53-36(48-33)31(18-45-53)38(57)47-32-22-54(50-35(32)39(41,42)43)29-7-1-23(2-8-29)19-51-14-11-28(12-15-51)46-27-5-3-24(4-6-27)30-9-10-34(55)49-37(30)56;/h3-6,13,16,18,22-23,25-26,28-30,46H,1-2,7-12,14-15,17,19-21,44H2,(H,47,57)(H,49,55,56);1H/t23?,25-,26-,29?,30?;/m1./s1. The average molecular weight is 830 g/mol. The highest BCUT2D eigenvalue weighted by Crippen LogP contribution is 2.38. The quantitative estimate of drug-likeness (QED) is 0.128. The van der Waals surface area contributed by atoms with Gasteiger partial charge in [0.2, 0.25) is 11.8 Å². The van der Waals surface area contributed by atoms with E-state index >= 15 is 0 Å². The van der Waals surface area contributed by atoms with Crippen molar-refractivity contribution >= 4 is 53.0 Å². The number of fused-ring (bicyclic) bond motifs is 1. The smallest absolute Gasteiger partial charge is 0.382 e. The highest BCUT2D eigenvalue weighted by atomic mass is 35.5. The third kappa shape index (κ3) is 9.23. The highest BCUT2D eigenvalue weighted by molar-refractivity contribution is 6.08. The number of imide groups is 1. The summed E-state index contributed by atoms with van der Waals surface area (Å²) in [5.41, 5.74) is 6.39. The predicted molar refractivity (Wildman–Crippen MR) is 211 cm³/mol. The number of carbonyl (C=O) groups is 3. The maximum atomic E-state index is 14.2. The van der Waals surface area contributed by atoms with Crippen molar-refractivity contribution in [3.8, 4) is 0 Å². The van der Waals surface area contributed by atoms with E-state index in [1.54, 1.807) is 17.2 Å². The largest absolute Gasteiger partial charge is 0.437 e. The van der Waals surface area contributed by atoms with Crippen molar-refractivity contribution in [3.05, 3.63) is 65.7 Å². The zero-order chi connectivity index (χ0) is 39.8. The lowest BCUT2D eigenvalue weighted by Crippen LogP contribution is -2.48. The number of benzene rings is 1. The van der Waals surface area contributed by atoms with Gasteiger partial charge in [-0.05, 0) is 81.0 Å². The van der Waals surface area contributed by atoms with Gasteiger partial charge in [-0.2, -0.15) is 23.4 Å². The van der Waals surface area contributed by atoms with Crippen molar-refractivity contribution < 1.29 is 31.9 Å². The molecule has 19 heteroatoms. The molecule has 312 valence electrons. The van der Waals surface area contributed by atoms with Crippen LogP contribution in [0.3, 0.4) is 0 Å². The van der Waals surface area contributed by atoms with E-state index in [1.807, 2.05) is 24.3 Å². The minimum atomic E-state index is -4.80. The number of likely N-dealkylation sites (tertiary alicyclic amines) is 1. The molecule has 5 N–H and O–H groups in total. The Kier molecular flexibility index (Phi) is 12.3. The number of anilines is 3. The number of hydrogen-bond donors (Lipinski definition) is 4. The van der Waals surface area contributed by atoms with Crippen LogP contribution in [0.25, 0.3) is 5.65 Å². The summed E-state index contributed by atoms with van der Waals surface area (Å²) in [5.74, 6) is -0.770. The summed E-state index contributed by atoms with van der Waals surface area (Å²) in [6, 6.07) is 9.21. The molecule has 4 aromatic rings. The zero-order valence-electron chi connectivity index (χ0n) is 31.8. The minimum absolute atomic E-state index is 0. The average Bonchev–Trinajstić information content (AvgIpc) is 3.81. The second-order valence-corrected chi connectivity index (χ2v) is 16.0. The molecule has 4 aliphatic rings. The van der Waals surface area contributed by atoms with E-state index in [9.17, 15) is 31.9 Å². The van der Waals surface area contributed by atoms with Crippen LogP contribution in [-0.2, 0) is 15.8 Å². The lowest BCUT2D eigenvalue weighted by Gasteiger charge is -2.37. The predicted octanol–water partition coefficient (Wildman–Crippen LogP) is 5.32. The number of hydrogen-bond acceptors (Lipinski definition) is 10. The highest BCUT2D eigenvalue weighted by Gasteiger charge is 2.39. The molecule has 4 fully saturated rings.